The Labute approximate surface area is 161 Å². The lowest BCUT2D eigenvalue weighted by Gasteiger charge is -2.19. The van der Waals surface area contributed by atoms with Crippen LogP contribution < -0.4 is 5.32 Å². The maximum atomic E-state index is 12.0. The monoisotopic (exact) mass is 390 g/mol. The molecule has 0 aliphatic carbocycles. The van der Waals surface area contributed by atoms with Crippen molar-refractivity contribution in [2.24, 2.45) is 0 Å². The summed E-state index contributed by atoms with van der Waals surface area (Å²) in [6.07, 6.45) is 1.05. The molecule has 1 heterocycles. The van der Waals surface area contributed by atoms with Gasteiger partial charge in [-0.3, -0.25) is 10.1 Å². The number of aromatic nitrogens is 2. The Morgan fingerprint density at radius 1 is 1.25 bits per heavy atom. The van der Waals surface area contributed by atoms with E-state index in [-0.39, 0.29) is 24.2 Å². The molecule has 2 rings (SSSR count). The highest BCUT2D eigenvalue weighted by molar-refractivity contribution is 5.90. The van der Waals surface area contributed by atoms with E-state index in [1.807, 2.05) is 0 Å². The minimum Gasteiger partial charge on any atom is -0.465 e. The molecule has 2 aromatic rings. The molecule has 0 aliphatic heterocycles. The Morgan fingerprint density at radius 2 is 1.89 bits per heavy atom. The Morgan fingerprint density at radius 3 is 2.43 bits per heavy atom. The first kappa shape index (κ1) is 20.9. The molecule has 1 aromatic carbocycles. The summed E-state index contributed by atoms with van der Waals surface area (Å²) in [7, 11) is 1.26. The molecule has 10 heteroatoms. The van der Waals surface area contributed by atoms with Gasteiger partial charge in [0, 0.05) is 25.1 Å². The zero-order chi connectivity index (χ0) is 20.9. The maximum Gasteiger partial charge on any atom is 0.407 e. The van der Waals surface area contributed by atoms with Crippen LogP contribution in [0.15, 0.2) is 30.5 Å². The van der Waals surface area contributed by atoms with E-state index in [1.165, 1.54) is 42.3 Å². The first-order valence-electron chi connectivity index (χ1n) is 8.49. The predicted octanol–water partition coefficient (Wildman–Crippen LogP) is 2.63. The quantitative estimate of drug-likeness (QED) is 0.456. The van der Waals surface area contributed by atoms with Crippen LogP contribution >= 0.6 is 0 Å². The molecule has 1 amide bonds. The standard InChI is InChI=1S/C18H22N4O6/c1-18(2,3)28-17(24)19-10-9-15-14(16(23)27-4)11-20-21(15)12-5-7-13(8-6-12)22(25)26/h5-8,11H,9-10H2,1-4H3,(H,19,24). The Kier molecular flexibility index (Phi) is 6.34. The molecule has 0 unspecified atom stereocenters. The second kappa shape index (κ2) is 8.51. The summed E-state index contributed by atoms with van der Waals surface area (Å²) in [6, 6.07) is 5.74. The van der Waals surface area contributed by atoms with Crippen LogP contribution in [0.3, 0.4) is 0 Å². The lowest BCUT2D eigenvalue weighted by atomic mass is 10.2. The van der Waals surface area contributed by atoms with Crippen molar-refractivity contribution in [1.82, 2.24) is 15.1 Å². The van der Waals surface area contributed by atoms with E-state index in [0.717, 1.165) is 0 Å². The number of benzene rings is 1. The molecule has 0 atom stereocenters. The number of nitro groups is 1. The first-order valence-corrected chi connectivity index (χ1v) is 8.49. The Hall–Kier alpha value is -3.43. The van der Waals surface area contributed by atoms with Gasteiger partial charge in [-0.2, -0.15) is 5.10 Å². The fourth-order valence-electron chi connectivity index (χ4n) is 2.43. The van der Waals surface area contributed by atoms with Crippen molar-refractivity contribution in [2.45, 2.75) is 32.8 Å². The number of methoxy groups -OCH3 is 1. The van der Waals surface area contributed by atoms with E-state index >= 15 is 0 Å². The summed E-state index contributed by atoms with van der Waals surface area (Å²) in [6.45, 7) is 5.46. The van der Waals surface area contributed by atoms with Gasteiger partial charge < -0.3 is 14.8 Å². The van der Waals surface area contributed by atoms with Gasteiger partial charge in [0.1, 0.15) is 11.2 Å². The van der Waals surface area contributed by atoms with E-state index in [9.17, 15) is 19.7 Å². The van der Waals surface area contributed by atoms with Crippen LogP contribution in [0.5, 0.6) is 0 Å². The average molecular weight is 390 g/mol. The van der Waals surface area contributed by atoms with Gasteiger partial charge in [0.15, 0.2) is 0 Å². The number of nitro benzene ring substituents is 1. The number of nitrogens with zero attached hydrogens (tertiary/aromatic N) is 3. The summed E-state index contributed by atoms with van der Waals surface area (Å²) in [5, 5.41) is 17.6. The normalized spacial score (nSPS) is 11.0. The first-order chi connectivity index (χ1) is 13.1. The van der Waals surface area contributed by atoms with Crippen molar-refractivity contribution in [3.05, 3.63) is 51.8 Å². The van der Waals surface area contributed by atoms with Crippen LogP contribution in [0.25, 0.3) is 5.69 Å². The predicted molar refractivity (Wildman–Crippen MR) is 99.5 cm³/mol. The van der Waals surface area contributed by atoms with Gasteiger partial charge in [0.2, 0.25) is 0 Å². The highest BCUT2D eigenvalue weighted by Gasteiger charge is 2.20. The number of hydrogen-bond acceptors (Lipinski definition) is 7. The number of alkyl carbamates (subject to hydrolysis) is 1. The fourth-order valence-corrected chi connectivity index (χ4v) is 2.43. The SMILES string of the molecule is COC(=O)c1cnn(-c2ccc([N+](=O)[O-])cc2)c1CCNC(=O)OC(C)(C)C. The number of amides is 1. The molecular formula is C18H22N4O6. The van der Waals surface area contributed by atoms with Crippen LogP contribution in [-0.4, -0.2) is 46.0 Å². The molecule has 0 spiro atoms. The van der Waals surface area contributed by atoms with Gasteiger partial charge in [-0.1, -0.05) is 0 Å². The van der Waals surface area contributed by atoms with Gasteiger partial charge in [0.25, 0.3) is 5.69 Å². The smallest absolute Gasteiger partial charge is 0.407 e. The van der Waals surface area contributed by atoms with Crippen molar-refractivity contribution < 1.29 is 24.0 Å². The van der Waals surface area contributed by atoms with Crippen LogP contribution in [0.1, 0.15) is 36.8 Å². The van der Waals surface area contributed by atoms with Crippen molar-refractivity contribution in [3.63, 3.8) is 0 Å². The second-order valence-corrected chi connectivity index (χ2v) is 6.86. The Balaban J connectivity index is 2.23. The molecule has 0 fully saturated rings. The topological polar surface area (TPSA) is 126 Å². The van der Waals surface area contributed by atoms with Crippen LogP contribution in [0.2, 0.25) is 0 Å². The van der Waals surface area contributed by atoms with E-state index in [1.54, 1.807) is 20.8 Å². The molecule has 0 saturated heterocycles. The molecule has 10 nitrogen and oxygen atoms in total. The number of hydrogen-bond donors (Lipinski definition) is 1. The number of ether oxygens (including phenoxy) is 2. The summed E-state index contributed by atoms with van der Waals surface area (Å²) >= 11 is 0. The maximum absolute atomic E-state index is 12.0. The Bertz CT molecular complexity index is 867. The van der Waals surface area contributed by atoms with Gasteiger partial charge in [-0.05, 0) is 32.9 Å². The number of nitrogens with one attached hydrogen (secondary N) is 1. The van der Waals surface area contributed by atoms with Crippen LogP contribution in [0.4, 0.5) is 10.5 Å². The highest BCUT2D eigenvalue weighted by Crippen LogP contribution is 2.19. The summed E-state index contributed by atoms with van der Waals surface area (Å²) in [5.41, 5.74) is 0.593. The highest BCUT2D eigenvalue weighted by atomic mass is 16.6. The minimum atomic E-state index is -0.623. The third-order valence-corrected chi connectivity index (χ3v) is 3.61. The fraction of sp³-hybridized carbons (Fsp3) is 0.389. The van der Waals surface area contributed by atoms with Crippen molar-refractivity contribution in [2.75, 3.05) is 13.7 Å². The van der Waals surface area contributed by atoms with E-state index < -0.39 is 22.6 Å². The van der Waals surface area contributed by atoms with Gasteiger partial charge in [0.05, 0.1) is 29.6 Å². The van der Waals surface area contributed by atoms with E-state index in [0.29, 0.717) is 11.4 Å². The van der Waals surface area contributed by atoms with E-state index in [2.05, 4.69) is 10.4 Å². The number of esters is 1. The van der Waals surface area contributed by atoms with Crippen LogP contribution in [-0.2, 0) is 15.9 Å². The number of carbonyl (C=O) groups excluding carboxylic acids is 2. The lowest BCUT2D eigenvalue weighted by molar-refractivity contribution is -0.384. The molecule has 0 bridgehead atoms. The van der Waals surface area contributed by atoms with Gasteiger partial charge in [-0.15, -0.1) is 0 Å². The molecule has 150 valence electrons. The summed E-state index contributed by atoms with van der Waals surface area (Å²) < 4.78 is 11.4. The molecule has 0 saturated carbocycles. The van der Waals surface area contributed by atoms with Crippen molar-refractivity contribution in [1.29, 1.82) is 0 Å². The molecule has 28 heavy (non-hydrogen) atoms. The van der Waals surface area contributed by atoms with Gasteiger partial charge >= 0.3 is 12.1 Å². The zero-order valence-corrected chi connectivity index (χ0v) is 16.1. The summed E-state index contributed by atoms with van der Waals surface area (Å²) in [5.74, 6) is -0.569. The third-order valence-electron chi connectivity index (χ3n) is 3.61. The number of carbonyl (C=O) groups is 2. The van der Waals surface area contributed by atoms with Crippen LogP contribution in [0, 0.1) is 10.1 Å². The average Bonchev–Trinajstić information content (AvgIpc) is 3.03. The van der Waals surface area contributed by atoms with Crippen molar-refractivity contribution in [3.8, 4) is 5.69 Å². The number of non-ortho nitro benzene ring substituents is 1. The van der Waals surface area contributed by atoms with E-state index in [4.69, 9.17) is 9.47 Å². The number of rotatable bonds is 6. The minimum absolute atomic E-state index is 0.0581. The second-order valence-electron chi connectivity index (χ2n) is 6.86. The molecule has 1 aromatic heterocycles. The van der Waals surface area contributed by atoms with Gasteiger partial charge in [-0.25, -0.2) is 14.3 Å². The summed E-state index contributed by atoms with van der Waals surface area (Å²) in [4.78, 5) is 34.2. The third kappa shape index (κ3) is 5.29. The van der Waals surface area contributed by atoms with Crippen molar-refractivity contribution >= 4 is 17.7 Å². The molecule has 0 aliphatic rings. The zero-order valence-electron chi connectivity index (χ0n) is 16.1. The largest absolute Gasteiger partial charge is 0.465 e. The lowest BCUT2D eigenvalue weighted by Crippen LogP contribution is -2.33. The molecular weight excluding hydrogens is 368 g/mol. The molecule has 1 N–H and O–H groups in total. The molecule has 0 radical (unpaired) electrons.